The maximum atomic E-state index is 5.75. The van der Waals surface area contributed by atoms with Gasteiger partial charge in [0.25, 0.3) is 0 Å². The zero-order valence-electron chi connectivity index (χ0n) is 12.3. The first-order valence-corrected chi connectivity index (χ1v) is 7.24. The van der Waals surface area contributed by atoms with Gasteiger partial charge in [-0.3, -0.25) is 0 Å². The van der Waals surface area contributed by atoms with Crippen LogP contribution in [0.2, 0.25) is 0 Å². The summed E-state index contributed by atoms with van der Waals surface area (Å²) in [6.45, 7) is 8.29. The van der Waals surface area contributed by atoms with Gasteiger partial charge in [-0.2, -0.15) is 0 Å². The molecule has 4 heteroatoms. The Morgan fingerprint density at radius 3 is 2.60 bits per heavy atom. The first-order valence-electron chi connectivity index (χ1n) is 6.83. The van der Waals surface area contributed by atoms with Crippen LogP contribution >= 0.6 is 12.2 Å². The largest absolute Gasteiger partial charge is 0.491 e. The van der Waals surface area contributed by atoms with Gasteiger partial charge in [0, 0.05) is 11.1 Å². The zero-order chi connectivity index (χ0) is 14.7. The third-order valence-corrected chi connectivity index (χ3v) is 3.29. The van der Waals surface area contributed by atoms with Gasteiger partial charge in [-0.1, -0.05) is 38.2 Å². The van der Waals surface area contributed by atoms with Crippen molar-refractivity contribution in [3.8, 4) is 17.0 Å². The summed E-state index contributed by atoms with van der Waals surface area (Å²) in [7, 11) is 0. The van der Waals surface area contributed by atoms with E-state index in [1.165, 1.54) is 0 Å². The SMILES string of the molecule is CC(C)Oc1cccc(-c2[nH]cnc(=S)c2C(C)C)c1. The molecular weight excluding hydrogens is 268 g/mol. The molecular formula is C16H20N2OS. The third-order valence-electron chi connectivity index (χ3n) is 2.96. The van der Waals surface area contributed by atoms with Crippen LogP contribution in [0.4, 0.5) is 0 Å². The maximum absolute atomic E-state index is 5.75. The van der Waals surface area contributed by atoms with Crippen molar-refractivity contribution in [2.75, 3.05) is 0 Å². The van der Waals surface area contributed by atoms with E-state index in [9.17, 15) is 0 Å². The van der Waals surface area contributed by atoms with Crippen LogP contribution in [0.15, 0.2) is 30.6 Å². The third kappa shape index (κ3) is 3.25. The minimum Gasteiger partial charge on any atom is -0.491 e. The molecule has 0 amide bonds. The molecule has 0 fully saturated rings. The molecule has 0 spiro atoms. The van der Waals surface area contributed by atoms with Gasteiger partial charge in [0.15, 0.2) is 0 Å². The molecule has 20 heavy (non-hydrogen) atoms. The van der Waals surface area contributed by atoms with Crippen LogP contribution in [0.3, 0.4) is 0 Å². The summed E-state index contributed by atoms with van der Waals surface area (Å²) in [5, 5.41) is 0. The van der Waals surface area contributed by atoms with Gasteiger partial charge < -0.3 is 9.72 Å². The second-order valence-corrected chi connectivity index (χ2v) is 5.73. The van der Waals surface area contributed by atoms with Crippen LogP contribution in [-0.4, -0.2) is 16.1 Å². The number of nitrogens with zero attached hydrogens (tertiary/aromatic N) is 1. The van der Waals surface area contributed by atoms with Gasteiger partial charge >= 0.3 is 0 Å². The summed E-state index contributed by atoms with van der Waals surface area (Å²) in [5.74, 6) is 1.18. The molecule has 0 saturated carbocycles. The molecule has 0 bridgehead atoms. The molecule has 106 valence electrons. The van der Waals surface area contributed by atoms with Crippen LogP contribution in [0.25, 0.3) is 11.3 Å². The van der Waals surface area contributed by atoms with Crippen LogP contribution in [-0.2, 0) is 0 Å². The van der Waals surface area contributed by atoms with Crippen molar-refractivity contribution in [2.45, 2.75) is 39.7 Å². The fourth-order valence-corrected chi connectivity index (χ4v) is 2.57. The highest BCUT2D eigenvalue weighted by Crippen LogP contribution is 2.29. The molecule has 0 aliphatic rings. The first-order chi connectivity index (χ1) is 9.49. The van der Waals surface area contributed by atoms with E-state index in [4.69, 9.17) is 17.0 Å². The Bertz CT molecular complexity index is 647. The molecule has 0 aliphatic carbocycles. The zero-order valence-corrected chi connectivity index (χ0v) is 13.1. The lowest BCUT2D eigenvalue weighted by atomic mass is 9.98. The van der Waals surface area contributed by atoms with Gasteiger partial charge in [0.1, 0.15) is 10.4 Å². The average Bonchev–Trinajstić information content (AvgIpc) is 2.37. The Kier molecular flexibility index (Phi) is 4.55. The minimum absolute atomic E-state index is 0.158. The Labute approximate surface area is 125 Å². The van der Waals surface area contributed by atoms with Crippen LogP contribution in [0, 0.1) is 4.64 Å². The lowest BCUT2D eigenvalue weighted by Crippen LogP contribution is -2.05. The van der Waals surface area contributed by atoms with Gasteiger partial charge in [-0.25, -0.2) is 4.98 Å². The lowest BCUT2D eigenvalue weighted by Gasteiger charge is -2.14. The highest BCUT2D eigenvalue weighted by atomic mass is 32.1. The summed E-state index contributed by atoms with van der Waals surface area (Å²) in [6, 6.07) is 8.05. The summed E-state index contributed by atoms with van der Waals surface area (Å²) in [4.78, 5) is 7.41. The summed E-state index contributed by atoms with van der Waals surface area (Å²) in [5.41, 5.74) is 3.17. The molecule has 0 atom stereocenters. The molecule has 1 aromatic carbocycles. The fourth-order valence-electron chi connectivity index (χ4n) is 2.18. The lowest BCUT2D eigenvalue weighted by molar-refractivity contribution is 0.242. The molecule has 0 saturated heterocycles. The van der Waals surface area contributed by atoms with E-state index in [-0.39, 0.29) is 6.10 Å². The van der Waals surface area contributed by atoms with Crippen molar-refractivity contribution < 1.29 is 4.74 Å². The van der Waals surface area contributed by atoms with E-state index >= 15 is 0 Å². The Morgan fingerprint density at radius 1 is 1.20 bits per heavy atom. The predicted octanol–water partition coefficient (Wildman–Crippen LogP) is 4.72. The number of benzene rings is 1. The smallest absolute Gasteiger partial charge is 0.133 e. The topological polar surface area (TPSA) is 37.9 Å². The average molecular weight is 288 g/mol. The van der Waals surface area contributed by atoms with Crippen LogP contribution in [0.5, 0.6) is 5.75 Å². The molecule has 0 unspecified atom stereocenters. The molecule has 1 N–H and O–H groups in total. The van der Waals surface area contributed by atoms with Crippen LogP contribution in [0.1, 0.15) is 39.2 Å². The standard InChI is InChI=1S/C16H20N2OS/c1-10(2)14-15(17-9-18-16(14)20)12-6-5-7-13(8-12)19-11(3)4/h5-11H,1-4H3,(H,17,18,20). The second-order valence-electron chi connectivity index (χ2n) is 5.35. The van der Waals surface area contributed by atoms with E-state index in [2.05, 4.69) is 29.9 Å². The van der Waals surface area contributed by atoms with E-state index in [1.807, 2.05) is 32.0 Å². The van der Waals surface area contributed by atoms with Gasteiger partial charge in [-0.05, 0) is 31.9 Å². The van der Waals surface area contributed by atoms with Crippen molar-refractivity contribution in [3.05, 3.63) is 40.8 Å². The maximum Gasteiger partial charge on any atom is 0.133 e. The van der Waals surface area contributed by atoms with Gasteiger partial charge in [-0.15, -0.1) is 0 Å². The monoisotopic (exact) mass is 288 g/mol. The number of hydrogen-bond donors (Lipinski definition) is 1. The van der Waals surface area contributed by atoms with E-state index in [1.54, 1.807) is 6.33 Å². The number of aromatic amines is 1. The molecule has 2 rings (SSSR count). The fraction of sp³-hybridized carbons (Fsp3) is 0.375. The number of nitrogens with one attached hydrogen (secondary N) is 1. The molecule has 0 aliphatic heterocycles. The van der Waals surface area contributed by atoms with Crippen molar-refractivity contribution >= 4 is 12.2 Å². The number of hydrogen-bond acceptors (Lipinski definition) is 3. The number of rotatable bonds is 4. The first kappa shape index (κ1) is 14.7. The van der Waals surface area contributed by atoms with E-state index in [0.717, 1.165) is 22.6 Å². The quantitative estimate of drug-likeness (QED) is 0.827. The Hall–Kier alpha value is -1.68. The van der Waals surface area contributed by atoms with Gasteiger partial charge in [0.05, 0.1) is 18.1 Å². The molecule has 2 aromatic rings. The van der Waals surface area contributed by atoms with Gasteiger partial charge in [0.2, 0.25) is 0 Å². The molecule has 0 radical (unpaired) electrons. The molecule has 1 aromatic heterocycles. The van der Waals surface area contributed by atoms with Crippen molar-refractivity contribution in [2.24, 2.45) is 0 Å². The number of aromatic nitrogens is 2. The van der Waals surface area contributed by atoms with Crippen molar-refractivity contribution in [1.82, 2.24) is 9.97 Å². The van der Waals surface area contributed by atoms with E-state index < -0.39 is 0 Å². The normalized spacial score (nSPS) is 11.1. The van der Waals surface area contributed by atoms with Crippen molar-refractivity contribution in [3.63, 3.8) is 0 Å². The number of ether oxygens (including phenoxy) is 1. The van der Waals surface area contributed by atoms with Crippen molar-refractivity contribution in [1.29, 1.82) is 0 Å². The summed E-state index contributed by atoms with van der Waals surface area (Å²) >= 11 is 5.36. The summed E-state index contributed by atoms with van der Waals surface area (Å²) in [6.07, 6.45) is 1.81. The van der Waals surface area contributed by atoms with Crippen LogP contribution < -0.4 is 4.74 Å². The number of H-pyrrole nitrogens is 1. The highest BCUT2D eigenvalue weighted by molar-refractivity contribution is 7.71. The Morgan fingerprint density at radius 2 is 1.95 bits per heavy atom. The Balaban J connectivity index is 2.52. The molecule has 3 nitrogen and oxygen atoms in total. The second kappa shape index (κ2) is 6.18. The summed E-state index contributed by atoms with van der Waals surface area (Å²) < 4.78 is 6.41. The minimum atomic E-state index is 0.158. The van der Waals surface area contributed by atoms with E-state index in [0.29, 0.717) is 10.6 Å². The highest BCUT2D eigenvalue weighted by Gasteiger charge is 2.12. The molecule has 1 heterocycles. The predicted molar refractivity (Wildman–Crippen MR) is 84.7 cm³/mol.